The zero-order valence-electron chi connectivity index (χ0n) is 11.3. The van der Waals surface area contributed by atoms with Crippen LogP contribution in [0.5, 0.6) is 0 Å². The number of aromatic carboxylic acids is 1. The largest absolute Gasteiger partial charge is 0.475 e. The molecule has 0 atom stereocenters. The van der Waals surface area contributed by atoms with Gasteiger partial charge in [-0.3, -0.25) is 9.58 Å². The van der Waals surface area contributed by atoms with Gasteiger partial charge in [-0.05, 0) is 20.0 Å². The topological polar surface area (TPSA) is 71.5 Å². The Bertz CT molecular complexity index is 586. The number of rotatable bonds is 5. The molecule has 0 aliphatic heterocycles. The van der Waals surface area contributed by atoms with E-state index in [0.717, 1.165) is 17.7 Å². The molecular formula is C13H17N3O3. The maximum atomic E-state index is 10.8. The standard InChI is InChI=1S/C13H17N3O3/c1-9-11(4-12(19-9)13(17)18)8-15(2)6-10-5-14-16(3)7-10/h4-5,7H,6,8H2,1-3H3,(H,17,18). The van der Waals surface area contributed by atoms with Gasteiger partial charge in [-0.15, -0.1) is 0 Å². The van der Waals surface area contributed by atoms with Crippen molar-refractivity contribution in [1.29, 1.82) is 0 Å². The van der Waals surface area contributed by atoms with Gasteiger partial charge >= 0.3 is 5.97 Å². The van der Waals surface area contributed by atoms with E-state index in [9.17, 15) is 4.79 Å². The molecule has 0 radical (unpaired) electrons. The van der Waals surface area contributed by atoms with E-state index in [1.165, 1.54) is 0 Å². The Labute approximate surface area is 111 Å². The van der Waals surface area contributed by atoms with E-state index in [0.29, 0.717) is 12.3 Å². The molecule has 0 amide bonds. The van der Waals surface area contributed by atoms with Gasteiger partial charge in [0.2, 0.25) is 5.76 Å². The molecule has 0 spiro atoms. The van der Waals surface area contributed by atoms with Crippen molar-refractivity contribution in [2.24, 2.45) is 7.05 Å². The van der Waals surface area contributed by atoms with Crippen molar-refractivity contribution in [3.8, 4) is 0 Å². The molecule has 2 heterocycles. The molecule has 0 aliphatic rings. The minimum atomic E-state index is -1.04. The zero-order valence-corrected chi connectivity index (χ0v) is 11.3. The van der Waals surface area contributed by atoms with Crippen LogP contribution in [-0.2, 0) is 20.1 Å². The average molecular weight is 263 g/mol. The van der Waals surface area contributed by atoms with Crippen LogP contribution >= 0.6 is 0 Å². The second-order valence-electron chi connectivity index (χ2n) is 4.69. The van der Waals surface area contributed by atoms with Crippen molar-refractivity contribution in [2.45, 2.75) is 20.0 Å². The molecule has 0 fully saturated rings. The molecule has 0 unspecified atom stereocenters. The van der Waals surface area contributed by atoms with E-state index in [4.69, 9.17) is 9.52 Å². The maximum Gasteiger partial charge on any atom is 0.371 e. The van der Waals surface area contributed by atoms with Crippen LogP contribution in [0.25, 0.3) is 0 Å². The normalized spacial score (nSPS) is 11.2. The number of aryl methyl sites for hydroxylation is 2. The lowest BCUT2D eigenvalue weighted by molar-refractivity contribution is 0.0661. The molecule has 2 rings (SSSR count). The Kier molecular flexibility index (Phi) is 3.71. The minimum absolute atomic E-state index is 0.0118. The number of aromatic nitrogens is 2. The smallest absolute Gasteiger partial charge is 0.371 e. The Hall–Kier alpha value is -2.08. The molecule has 6 heteroatoms. The molecule has 0 aromatic carbocycles. The summed E-state index contributed by atoms with van der Waals surface area (Å²) in [6, 6.07) is 1.58. The van der Waals surface area contributed by atoms with Crippen LogP contribution in [0, 0.1) is 6.92 Å². The molecule has 6 nitrogen and oxygen atoms in total. The Morgan fingerprint density at radius 2 is 2.26 bits per heavy atom. The predicted octanol–water partition coefficient (Wildman–Crippen LogP) is 1.65. The number of furan rings is 1. The Morgan fingerprint density at radius 3 is 2.79 bits per heavy atom. The number of carbonyl (C=O) groups is 1. The highest BCUT2D eigenvalue weighted by atomic mass is 16.4. The van der Waals surface area contributed by atoms with Crippen molar-refractivity contribution < 1.29 is 14.3 Å². The first-order chi connectivity index (χ1) is 8.95. The van der Waals surface area contributed by atoms with Gasteiger partial charge in [0.15, 0.2) is 0 Å². The predicted molar refractivity (Wildman–Crippen MR) is 68.8 cm³/mol. The van der Waals surface area contributed by atoms with E-state index in [2.05, 4.69) is 10.00 Å². The van der Waals surface area contributed by atoms with Crippen LogP contribution in [0.3, 0.4) is 0 Å². The van der Waals surface area contributed by atoms with E-state index in [1.807, 2.05) is 26.5 Å². The summed E-state index contributed by atoms with van der Waals surface area (Å²) in [5, 5.41) is 13.0. The summed E-state index contributed by atoms with van der Waals surface area (Å²) in [4.78, 5) is 12.9. The molecule has 102 valence electrons. The number of nitrogens with zero attached hydrogens (tertiary/aromatic N) is 3. The van der Waals surface area contributed by atoms with E-state index in [-0.39, 0.29) is 5.76 Å². The maximum absolute atomic E-state index is 10.8. The first-order valence-corrected chi connectivity index (χ1v) is 5.94. The van der Waals surface area contributed by atoms with Crippen LogP contribution in [0.15, 0.2) is 22.9 Å². The molecule has 0 aliphatic carbocycles. The second-order valence-corrected chi connectivity index (χ2v) is 4.69. The van der Waals surface area contributed by atoms with Crippen molar-refractivity contribution >= 4 is 5.97 Å². The fourth-order valence-corrected chi connectivity index (χ4v) is 1.99. The second kappa shape index (κ2) is 5.27. The van der Waals surface area contributed by atoms with Gasteiger partial charge in [-0.25, -0.2) is 4.79 Å². The van der Waals surface area contributed by atoms with Gasteiger partial charge in [0.25, 0.3) is 0 Å². The van der Waals surface area contributed by atoms with E-state index >= 15 is 0 Å². The summed E-state index contributed by atoms with van der Waals surface area (Å²) in [7, 11) is 3.85. The zero-order chi connectivity index (χ0) is 14.0. The van der Waals surface area contributed by atoms with Crippen LogP contribution in [-0.4, -0.2) is 32.8 Å². The van der Waals surface area contributed by atoms with Gasteiger partial charge in [-0.2, -0.15) is 5.10 Å². The molecule has 2 aromatic heterocycles. The molecule has 0 saturated carbocycles. The van der Waals surface area contributed by atoms with Crippen LogP contribution < -0.4 is 0 Å². The van der Waals surface area contributed by atoms with Crippen LogP contribution in [0.4, 0.5) is 0 Å². The summed E-state index contributed by atoms with van der Waals surface area (Å²) in [5.74, 6) is -0.401. The minimum Gasteiger partial charge on any atom is -0.475 e. The summed E-state index contributed by atoms with van der Waals surface area (Å²) < 4.78 is 6.95. The van der Waals surface area contributed by atoms with Crippen molar-refractivity contribution in [3.05, 3.63) is 41.1 Å². The molecule has 19 heavy (non-hydrogen) atoms. The number of hydrogen-bond acceptors (Lipinski definition) is 4. The van der Waals surface area contributed by atoms with Gasteiger partial charge in [0.1, 0.15) is 5.76 Å². The summed E-state index contributed by atoms with van der Waals surface area (Å²) in [5.41, 5.74) is 2.01. The van der Waals surface area contributed by atoms with Gasteiger partial charge in [0, 0.05) is 37.5 Å². The Balaban J connectivity index is 2.02. The molecule has 0 saturated heterocycles. The lowest BCUT2D eigenvalue weighted by Gasteiger charge is -2.14. The third-order valence-electron chi connectivity index (χ3n) is 2.88. The molecule has 1 N–H and O–H groups in total. The monoisotopic (exact) mass is 263 g/mol. The van der Waals surface area contributed by atoms with Gasteiger partial charge in [-0.1, -0.05) is 0 Å². The number of hydrogen-bond donors (Lipinski definition) is 1. The summed E-state index contributed by atoms with van der Waals surface area (Å²) in [6.45, 7) is 3.16. The van der Waals surface area contributed by atoms with Gasteiger partial charge in [0.05, 0.1) is 6.20 Å². The number of carboxylic acid groups (broad SMARTS) is 1. The molecular weight excluding hydrogens is 246 g/mol. The third-order valence-corrected chi connectivity index (χ3v) is 2.88. The quantitative estimate of drug-likeness (QED) is 0.888. The van der Waals surface area contributed by atoms with Crippen molar-refractivity contribution in [2.75, 3.05) is 7.05 Å². The van der Waals surface area contributed by atoms with Crippen LogP contribution in [0.1, 0.15) is 27.4 Å². The molecule has 2 aromatic rings. The van der Waals surface area contributed by atoms with Crippen molar-refractivity contribution in [3.63, 3.8) is 0 Å². The SMILES string of the molecule is Cc1oc(C(=O)O)cc1CN(C)Cc1cnn(C)c1. The molecule has 0 bridgehead atoms. The Morgan fingerprint density at radius 1 is 1.53 bits per heavy atom. The van der Waals surface area contributed by atoms with Crippen LogP contribution in [0.2, 0.25) is 0 Å². The third kappa shape index (κ3) is 3.23. The fourth-order valence-electron chi connectivity index (χ4n) is 1.99. The highest BCUT2D eigenvalue weighted by Gasteiger charge is 2.14. The first-order valence-electron chi connectivity index (χ1n) is 5.94. The van der Waals surface area contributed by atoms with Crippen molar-refractivity contribution in [1.82, 2.24) is 14.7 Å². The van der Waals surface area contributed by atoms with Gasteiger partial charge < -0.3 is 9.52 Å². The highest BCUT2D eigenvalue weighted by Crippen LogP contribution is 2.17. The highest BCUT2D eigenvalue weighted by molar-refractivity contribution is 5.84. The lowest BCUT2D eigenvalue weighted by Crippen LogP contribution is -2.17. The fraction of sp³-hybridized carbons (Fsp3) is 0.385. The van der Waals surface area contributed by atoms with E-state index in [1.54, 1.807) is 17.7 Å². The first kappa shape index (κ1) is 13.4. The summed E-state index contributed by atoms with van der Waals surface area (Å²) in [6.07, 6.45) is 3.78. The lowest BCUT2D eigenvalue weighted by atomic mass is 10.2. The number of carboxylic acids is 1. The average Bonchev–Trinajstić information content (AvgIpc) is 2.86. The summed E-state index contributed by atoms with van der Waals surface area (Å²) >= 11 is 0. The van der Waals surface area contributed by atoms with E-state index < -0.39 is 5.97 Å².